The number of nitrogens with one attached hydrogen (secondary N) is 1. The van der Waals surface area contributed by atoms with Crippen LogP contribution in [-0.4, -0.2) is 30.3 Å². The van der Waals surface area contributed by atoms with E-state index in [2.05, 4.69) is 29.5 Å². The van der Waals surface area contributed by atoms with Crippen LogP contribution in [0.25, 0.3) is 0 Å². The molecule has 114 valence electrons. The molecule has 0 aliphatic heterocycles. The van der Waals surface area contributed by atoms with Gasteiger partial charge in [-0.25, -0.2) is 4.98 Å². The van der Waals surface area contributed by atoms with Crippen LogP contribution in [0.15, 0.2) is 5.38 Å². The molecule has 1 N–H and O–H groups in total. The van der Waals surface area contributed by atoms with Crippen LogP contribution in [0.4, 0.5) is 0 Å². The summed E-state index contributed by atoms with van der Waals surface area (Å²) in [5.74, 6) is 0. The molecule has 1 aromatic heterocycles. The summed E-state index contributed by atoms with van der Waals surface area (Å²) in [5.41, 5.74) is 1.22. The lowest BCUT2D eigenvalue weighted by Crippen LogP contribution is -2.54. The van der Waals surface area contributed by atoms with Gasteiger partial charge in [-0.05, 0) is 32.7 Å². The monoisotopic (exact) mass is 296 g/mol. The fourth-order valence-corrected chi connectivity index (χ4v) is 3.94. The van der Waals surface area contributed by atoms with Crippen LogP contribution in [0.3, 0.4) is 0 Å². The Kier molecular flexibility index (Phi) is 6.00. The number of methoxy groups -OCH3 is 1. The van der Waals surface area contributed by atoms with Gasteiger partial charge in [-0.2, -0.15) is 0 Å². The molecular formula is C16H28N2OS. The van der Waals surface area contributed by atoms with E-state index in [9.17, 15) is 0 Å². The first kappa shape index (κ1) is 15.9. The Balaban J connectivity index is 2.11. The molecule has 2 rings (SSSR count). The fraction of sp³-hybridized carbons (Fsp3) is 0.812. The molecule has 1 atom stereocenters. The van der Waals surface area contributed by atoms with Crippen molar-refractivity contribution >= 4 is 11.3 Å². The molecule has 0 aromatic carbocycles. The molecule has 0 spiro atoms. The van der Waals surface area contributed by atoms with Crippen LogP contribution in [0, 0.1) is 6.92 Å². The van der Waals surface area contributed by atoms with Crippen molar-refractivity contribution in [3.8, 4) is 0 Å². The number of hydrogen-bond acceptors (Lipinski definition) is 4. The molecule has 3 nitrogen and oxygen atoms in total. The Morgan fingerprint density at radius 3 is 2.70 bits per heavy atom. The van der Waals surface area contributed by atoms with E-state index >= 15 is 0 Å². The average Bonchev–Trinajstić information content (AvgIpc) is 2.89. The van der Waals surface area contributed by atoms with Crippen molar-refractivity contribution in [1.29, 1.82) is 0 Å². The summed E-state index contributed by atoms with van der Waals surface area (Å²) in [6.45, 7) is 5.35. The van der Waals surface area contributed by atoms with Gasteiger partial charge < -0.3 is 10.1 Å². The van der Waals surface area contributed by atoms with Gasteiger partial charge in [0.1, 0.15) is 0 Å². The molecular weight excluding hydrogens is 268 g/mol. The van der Waals surface area contributed by atoms with Crippen molar-refractivity contribution in [1.82, 2.24) is 10.3 Å². The molecule has 0 bridgehead atoms. The summed E-state index contributed by atoms with van der Waals surface area (Å²) >= 11 is 1.74. The molecule has 1 fully saturated rings. The molecule has 4 heteroatoms. The number of aryl methyl sites for hydroxylation is 1. The second kappa shape index (κ2) is 7.53. The molecule has 1 aliphatic carbocycles. The van der Waals surface area contributed by atoms with E-state index in [0.29, 0.717) is 6.04 Å². The highest BCUT2D eigenvalue weighted by Crippen LogP contribution is 2.35. The lowest BCUT2D eigenvalue weighted by atomic mass is 9.77. The van der Waals surface area contributed by atoms with Crippen LogP contribution in [-0.2, 0) is 11.2 Å². The van der Waals surface area contributed by atoms with E-state index in [-0.39, 0.29) is 5.60 Å². The maximum absolute atomic E-state index is 6.03. The number of hydrogen-bond donors (Lipinski definition) is 1. The third-order valence-corrected chi connectivity index (χ3v) is 5.28. The van der Waals surface area contributed by atoms with Gasteiger partial charge in [0.2, 0.25) is 0 Å². The SMILES string of the molecule is CCCNC(Cc1csc(C)n1)C1(OC)CCCCC1. The minimum atomic E-state index is 0.00490. The van der Waals surface area contributed by atoms with Crippen LogP contribution in [0.2, 0.25) is 0 Å². The standard InChI is InChI=1S/C16H28N2OS/c1-4-10-17-15(11-14-12-20-13(2)18-14)16(19-3)8-6-5-7-9-16/h12,15,17H,4-11H2,1-3H3. The third-order valence-electron chi connectivity index (χ3n) is 4.46. The van der Waals surface area contributed by atoms with Gasteiger partial charge >= 0.3 is 0 Å². The molecule has 0 radical (unpaired) electrons. The van der Waals surface area contributed by atoms with E-state index in [1.54, 1.807) is 11.3 Å². The number of rotatable bonds is 7. The van der Waals surface area contributed by atoms with Crippen molar-refractivity contribution in [2.24, 2.45) is 0 Å². The Bertz CT molecular complexity index is 399. The zero-order valence-corrected chi connectivity index (χ0v) is 13.9. The second-order valence-electron chi connectivity index (χ2n) is 5.90. The van der Waals surface area contributed by atoms with Crippen molar-refractivity contribution in [3.05, 3.63) is 16.1 Å². The molecule has 1 saturated carbocycles. The largest absolute Gasteiger partial charge is 0.377 e. The number of thiazole rings is 1. The summed E-state index contributed by atoms with van der Waals surface area (Å²) in [6.07, 6.45) is 8.41. The smallest absolute Gasteiger partial charge is 0.0897 e. The van der Waals surface area contributed by atoms with Gasteiger partial charge in [0.25, 0.3) is 0 Å². The Hall–Kier alpha value is -0.450. The van der Waals surface area contributed by atoms with E-state index in [1.807, 2.05) is 7.11 Å². The summed E-state index contributed by atoms with van der Waals surface area (Å²) in [7, 11) is 1.89. The summed E-state index contributed by atoms with van der Waals surface area (Å²) in [4.78, 5) is 4.64. The van der Waals surface area contributed by atoms with Gasteiger partial charge in [0.05, 0.1) is 16.3 Å². The molecule has 1 aliphatic rings. The Morgan fingerprint density at radius 2 is 2.15 bits per heavy atom. The first-order valence-corrected chi connectivity index (χ1v) is 8.77. The number of ether oxygens (including phenoxy) is 1. The molecule has 1 unspecified atom stereocenters. The average molecular weight is 296 g/mol. The van der Waals surface area contributed by atoms with Gasteiger partial charge in [-0.15, -0.1) is 11.3 Å². The zero-order chi connectivity index (χ0) is 14.4. The first-order chi connectivity index (χ1) is 9.70. The van der Waals surface area contributed by atoms with Gasteiger partial charge in [-0.1, -0.05) is 26.2 Å². The van der Waals surface area contributed by atoms with Crippen LogP contribution in [0.1, 0.15) is 56.2 Å². The minimum absolute atomic E-state index is 0.00490. The van der Waals surface area contributed by atoms with Crippen molar-refractivity contribution in [2.75, 3.05) is 13.7 Å². The normalized spacial score (nSPS) is 19.9. The maximum Gasteiger partial charge on any atom is 0.0897 e. The lowest BCUT2D eigenvalue weighted by molar-refractivity contribution is -0.0674. The molecule has 0 saturated heterocycles. The second-order valence-corrected chi connectivity index (χ2v) is 6.96. The Morgan fingerprint density at radius 1 is 1.40 bits per heavy atom. The molecule has 20 heavy (non-hydrogen) atoms. The van der Waals surface area contributed by atoms with Crippen LogP contribution < -0.4 is 5.32 Å². The van der Waals surface area contributed by atoms with Crippen LogP contribution in [0.5, 0.6) is 0 Å². The number of nitrogens with zero attached hydrogens (tertiary/aromatic N) is 1. The lowest BCUT2D eigenvalue weighted by Gasteiger charge is -2.43. The summed E-state index contributed by atoms with van der Waals surface area (Å²) in [6, 6.07) is 0.384. The summed E-state index contributed by atoms with van der Waals surface area (Å²) in [5, 5.41) is 7.08. The highest BCUT2D eigenvalue weighted by molar-refractivity contribution is 7.09. The topological polar surface area (TPSA) is 34.2 Å². The molecule has 1 heterocycles. The van der Waals surface area contributed by atoms with Gasteiger partial charge in [0.15, 0.2) is 0 Å². The fourth-order valence-electron chi connectivity index (χ4n) is 3.32. The predicted octanol–water partition coefficient (Wildman–Crippen LogP) is 3.71. The van der Waals surface area contributed by atoms with Crippen molar-refractivity contribution < 1.29 is 4.74 Å². The third kappa shape index (κ3) is 3.80. The minimum Gasteiger partial charge on any atom is -0.377 e. The maximum atomic E-state index is 6.03. The van der Waals surface area contributed by atoms with E-state index in [4.69, 9.17) is 4.74 Å². The van der Waals surface area contributed by atoms with E-state index in [0.717, 1.165) is 24.4 Å². The molecule has 0 amide bonds. The van der Waals surface area contributed by atoms with Gasteiger partial charge in [0, 0.05) is 25.0 Å². The van der Waals surface area contributed by atoms with Crippen molar-refractivity contribution in [2.45, 2.75) is 70.4 Å². The first-order valence-electron chi connectivity index (χ1n) is 7.90. The summed E-state index contributed by atoms with van der Waals surface area (Å²) < 4.78 is 6.03. The van der Waals surface area contributed by atoms with Gasteiger partial charge in [-0.3, -0.25) is 0 Å². The Labute approximate surface area is 127 Å². The quantitative estimate of drug-likeness (QED) is 0.833. The highest BCUT2D eigenvalue weighted by Gasteiger charge is 2.39. The predicted molar refractivity (Wildman–Crippen MR) is 85.5 cm³/mol. The zero-order valence-electron chi connectivity index (χ0n) is 13.1. The van der Waals surface area contributed by atoms with Crippen molar-refractivity contribution in [3.63, 3.8) is 0 Å². The van der Waals surface area contributed by atoms with Crippen LogP contribution >= 0.6 is 11.3 Å². The van der Waals surface area contributed by atoms with E-state index in [1.165, 1.54) is 37.8 Å². The van der Waals surface area contributed by atoms with E-state index < -0.39 is 0 Å². The molecule has 1 aromatic rings. The number of aromatic nitrogens is 1. The highest BCUT2D eigenvalue weighted by atomic mass is 32.1.